The van der Waals surface area contributed by atoms with Gasteiger partial charge in [0.25, 0.3) is 5.56 Å². The number of H-pyrrole nitrogens is 1. The number of pyridine rings is 1. The number of anilines is 1. The molecule has 44 heavy (non-hydrogen) atoms. The van der Waals surface area contributed by atoms with Gasteiger partial charge in [-0.15, -0.1) is 0 Å². The predicted octanol–water partition coefficient (Wildman–Crippen LogP) is 6.69. The Morgan fingerprint density at radius 1 is 0.886 bits per heavy atom. The zero-order valence-electron chi connectivity index (χ0n) is 23.5. The van der Waals surface area contributed by atoms with Crippen LogP contribution in [-0.2, 0) is 13.5 Å². The van der Waals surface area contributed by atoms with Gasteiger partial charge in [-0.3, -0.25) is 4.79 Å². The van der Waals surface area contributed by atoms with Crippen LogP contribution >= 0.6 is 0 Å². The van der Waals surface area contributed by atoms with Crippen LogP contribution < -0.4 is 16.2 Å². The second-order valence-electron chi connectivity index (χ2n) is 10.5. The van der Waals surface area contributed by atoms with Crippen LogP contribution in [0.1, 0.15) is 28.3 Å². The minimum absolute atomic E-state index is 0.0402. The summed E-state index contributed by atoms with van der Waals surface area (Å²) in [5.74, 6) is -3.26. The first-order valence-electron chi connectivity index (χ1n) is 13.9. The van der Waals surface area contributed by atoms with Crippen molar-refractivity contribution in [2.45, 2.75) is 12.3 Å². The largest absolute Gasteiger partial charge is 0.507 e. The van der Waals surface area contributed by atoms with E-state index in [4.69, 9.17) is 0 Å². The van der Waals surface area contributed by atoms with Crippen molar-refractivity contribution < 1.29 is 23.1 Å². The third-order valence-electron chi connectivity index (χ3n) is 7.70. The van der Waals surface area contributed by atoms with Crippen LogP contribution in [0, 0.1) is 17.5 Å². The number of benzene rings is 4. The number of hydrogen-bond acceptors (Lipinski definition) is 3. The molecular formula is C34H27F3N4O3. The van der Waals surface area contributed by atoms with E-state index < -0.39 is 35.0 Å². The molecule has 4 N–H and O–H groups in total. The number of amides is 2. The van der Waals surface area contributed by atoms with Crippen molar-refractivity contribution in [2.75, 3.05) is 11.9 Å². The Balaban J connectivity index is 1.44. The zero-order chi connectivity index (χ0) is 31.0. The van der Waals surface area contributed by atoms with Gasteiger partial charge in [0.1, 0.15) is 23.2 Å². The summed E-state index contributed by atoms with van der Waals surface area (Å²) in [5.41, 5.74) is 2.61. The van der Waals surface area contributed by atoms with Crippen molar-refractivity contribution in [3.05, 3.63) is 141 Å². The number of aryl methyl sites for hydroxylation is 1. The number of urea groups is 1. The summed E-state index contributed by atoms with van der Waals surface area (Å²) >= 11 is 0. The SMILES string of the molecule is Cn1c(=O)c(C(c2cccc(F)c2)c2[nH]c3ccccc3c2CCNC(=O)Nc2cc(F)cc(F)c2)c(O)c2ccccc21. The summed E-state index contributed by atoms with van der Waals surface area (Å²) in [6.07, 6.45) is 0.269. The first-order valence-corrected chi connectivity index (χ1v) is 13.9. The number of hydrogen-bond donors (Lipinski definition) is 4. The number of carbonyl (C=O) groups is 1. The van der Waals surface area contributed by atoms with Crippen LogP contribution in [0.4, 0.5) is 23.7 Å². The van der Waals surface area contributed by atoms with E-state index in [0.29, 0.717) is 28.2 Å². The molecule has 2 aromatic heterocycles. The van der Waals surface area contributed by atoms with Gasteiger partial charge in [0.2, 0.25) is 0 Å². The maximum atomic E-state index is 14.7. The lowest BCUT2D eigenvalue weighted by Crippen LogP contribution is -2.31. The van der Waals surface area contributed by atoms with Gasteiger partial charge >= 0.3 is 6.03 Å². The molecule has 0 aliphatic rings. The number of aromatic hydroxyl groups is 1. The minimum Gasteiger partial charge on any atom is -0.507 e. The summed E-state index contributed by atoms with van der Waals surface area (Å²) in [6.45, 7) is 0.107. The van der Waals surface area contributed by atoms with E-state index in [2.05, 4.69) is 15.6 Å². The van der Waals surface area contributed by atoms with Crippen molar-refractivity contribution in [1.82, 2.24) is 14.9 Å². The fraction of sp³-hybridized carbons (Fsp3) is 0.118. The number of nitrogens with one attached hydrogen (secondary N) is 3. The van der Waals surface area contributed by atoms with Crippen molar-refractivity contribution in [3.63, 3.8) is 0 Å². The van der Waals surface area contributed by atoms with Gasteiger partial charge in [-0.2, -0.15) is 0 Å². The van der Waals surface area contributed by atoms with Crippen molar-refractivity contribution >= 4 is 33.5 Å². The van der Waals surface area contributed by atoms with Gasteiger partial charge in [-0.25, -0.2) is 18.0 Å². The molecule has 10 heteroatoms. The van der Waals surface area contributed by atoms with Gasteiger partial charge in [0.05, 0.1) is 17.0 Å². The highest BCUT2D eigenvalue weighted by Gasteiger charge is 2.30. The van der Waals surface area contributed by atoms with E-state index in [1.54, 1.807) is 43.4 Å². The number of halogens is 3. The summed E-state index contributed by atoms with van der Waals surface area (Å²) in [4.78, 5) is 29.9. The second kappa shape index (κ2) is 11.6. The number of fused-ring (bicyclic) bond motifs is 2. The molecule has 0 saturated carbocycles. The molecule has 6 rings (SSSR count). The normalized spacial score (nSPS) is 12.0. The second-order valence-corrected chi connectivity index (χ2v) is 10.5. The summed E-state index contributed by atoms with van der Waals surface area (Å²) in [7, 11) is 1.62. The Kier molecular flexibility index (Phi) is 7.57. The Hall–Kier alpha value is -5.51. The monoisotopic (exact) mass is 596 g/mol. The Bertz CT molecular complexity index is 2080. The van der Waals surface area contributed by atoms with E-state index in [9.17, 15) is 27.9 Å². The molecule has 1 atom stereocenters. The van der Waals surface area contributed by atoms with Crippen LogP contribution in [0.25, 0.3) is 21.8 Å². The molecule has 2 amide bonds. The van der Waals surface area contributed by atoms with Gasteiger partial charge in [0.15, 0.2) is 0 Å². The van der Waals surface area contributed by atoms with Crippen molar-refractivity contribution in [2.24, 2.45) is 7.05 Å². The fourth-order valence-corrected chi connectivity index (χ4v) is 5.77. The molecule has 0 spiro atoms. The van der Waals surface area contributed by atoms with Crippen LogP contribution in [0.3, 0.4) is 0 Å². The van der Waals surface area contributed by atoms with E-state index >= 15 is 0 Å². The van der Waals surface area contributed by atoms with Crippen LogP contribution in [0.15, 0.2) is 95.8 Å². The van der Waals surface area contributed by atoms with Gasteiger partial charge in [-0.1, -0.05) is 42.5 Å². The van der Waals surface area contributed by atoms with Crippen LogP contribution in [-0.4, -0.2) is 27.2 Å². The molecule has 0 aliphatic carbocycles. The Labute approximate surface area is 249 Å². The summed E-state index contributed by atoms with van der Waals surface area (Å²) in [6, 6.07) is 22.4. The van der Waals surface area contributed by atoms with Gasteiger partial charge in [0, 0.05) is 47.3 Å². The van der Waals surface area contributed by atoms with Gasteiger partial charge in [-0.05, 0) is 60.0 Å². The molecule has 0 fully saturated rings. The van der Waals surface area contributed by atoms with E-state index in [-0.39, 0.29) is 30.0 Å². The fourth-order valence-electron chi connectivity index (χ4n) is 5.77. The number of aromatic amines is 1. The van der Waals surface area contributed by atoms with E-state index in [1.165, 1.54) is 16.7 Å². The highest BCUT2D eigenvalue weighted by Crippen LogP contribution is 2.41. The molecule has 0 aliphatic heterocycles. The van der Waals surface area contributed by atoms with Crippen LogP contribution in [0.2, 0.25) is 0 Å². The molecule has 0 saturated heterocycles. The molecule has 0 bridgehead atoms. The topological polar surface area (TPSA) is 99.2 Å². The molecule has 1 unspecified atom stereocenters. The Morgan fingerprint density at radius 3 is 2.34 bits per heavy atom. The molecule has 0 radical (unpaired) electrons. The standard InChI is InChI=1S/C34H27F3N4O3/c1-41-28-12-5-3-10-26(28)32(42)30(33(41)43)29(19-7-6-8-20(35)15-19)31-25(24-9-2-4-11-27(24)40-31)13-14-38-34(44)39-23-17-21(36)16-22(37)18-23/h2-12,15-18,29,40,42H,13-14H2,1H3,(H2,38,39,44). The summed E-state index contributed by atoms with van der Waals surface area (Å²) in [5, 5.41) is 18.0. The molecule has 6 aromatic rings. The number of rotatable bonds is 7. The molecule has 222 valence electrons. The van der Waals surface area contributed by atoms with Gasteiger partial charge < -0.3 is 25.3 Å². The van der Waals surface area contributed by atoms with Crippen LogP contribution in [0.5, 0.6) is 5.75 Å². The lowest BCUT2D eigenvalue weighted by Gasteiger charge is -2.22. The lowest BCUT2D eigenvalue weighted by molar-refractivity contribution is 0.252. The third kappa shape index (κ3) is 5.37. The smallest absolute Gasteiger partial charge is 0.319 e. The zero-order valence-corrected chi connectivity index (χ0v) is 23.5. The minimum atomic E-state index is -0.902. The quantitative estimate of drug-likeness (QED) is 0.165. The number of aromatic nitrogens is 2. The number of nitrogens with zero attached hydrogens (tertiary/aromatic N) is 1. The maximum Gasteiger partial charge on any atom is 0.319 e. The first kappa shape index (κ1) is 28.6. The van der Waals surface area contributed by atoms with E-state index in [0.717, 1.165) is 28.6 Å². The molecular weight excluding hydrogens is 569 g/mol. The highest BCUT2D eigenvalue weighted by molar-refractivity contribution is 5.90. The third-order valence-corrected chi connectivity index (χ3v) is 7.70. The summed E-state index contributed by atoms with van der Waals surface area (Å²) < 4.78 is 43.3. The predicted molar refractivity (Wildman–Crippen MR) is 164 cm³/mol. The van der Waals surface area contributed by atoms with E-state index in [1.807, 2.05) is 24.3 Å². The number of carbonyl (C=O) groups excluding carboxylic acids is 1. The number of para-hydroxylation sites is 2. The highest BCUT2D eigenvalue weighted by atomic mass is 19.1. The molecule has 2 heterocycles. The van der Waals surface area contributed by atoms with Crippen molar-refractivity contribution in [1.29, 1.82) is 0 Å². The van der Waals surface area contributed by atoms with Crippen molar-refractivity contribution in [3.8, 4) is 5.75 Å². The Morgan fingerprint density at radius 2 is 1.59 bits per heavy atom. The molecule has 4 aromatic carbocycles. The first-order chi connectivity index (χ1) is 21.2. The maximum absolute atomic E-state index is 14.7. The average Bonchev–Trinajstić information content (AvgIpc) is 3.35. The molecule has 7 nitrogen and oxygen atoms in total. The average molecular weight is 597 g/mol. The lowest BCUT2D eigenvalue weighted by atomic mass is 9.85.